The van der Waals surface area contributed by atoms with Crippen molar-refractivity contribution >= 4 is 9.84 Å². The van der Waals surface area contributed by atoms with Gasteiger partial charge >= 0.3 is 0 Å². The first kappa shape index (κ1) is 10.9. The molecule has 0 spiro atoms. The molecule has 0 aliphatic carbocycles. The quantitative estimate of drug-likeness (QED) is 0.648. The van der Waals surface area contributed by atoms with Crippen LogP contribution in [-0.2, 0) is 9.84 Å². The highest BCUT2D eigenvalue weighted by Crippen LogP contribution is 2.12. The van der Waals surface area contributed by atoms with Crippen molar-refractivity contribution in [3.63, 3.8) is 0 Å². The number of aliphatic hydroxyl groups is 1. The summed E-state index contributed by atoms with van der Waals surface area (Å²) < 4.78 is 22.2. The first-order chi connectivity index (χ1) is 5.91. The van der Waals surface area contributed by atoms with Gasteiger partial charge in [-0.1, -0.05) is 13.8 Å². The van der Waals surface area contributed by atoms with Crippen LogP contribution in [0, 0.1) is 5.92 Å². The van der Waals surface area contributed by atoms with E-state index in [2.05, 4.69) is 5.32 Å². The molecule has 0 bridgehead atoms. The zero-order chi connectivity index (χ0) is 10.1. The van der Waals surface area contributed by atoms with Crippen LogP contribution in [0.1, 0.15) is 13.8 Å². The molecule has 2 N–H and O–H groups in total. The summed E-state index contributed by atoms with van der Waals surface area (Å²) in [7, 11) is -3.01. The van der Waals surface area contributed by atoms with Gasteiger partial charge in [-0.25, -0.2) is 8.42 Å². The summed E-state index contributed by atoms with van der Waals surface area (Å²) in [6.07, 6.45) is -0.733. The topological polar surface area (TPSA) is 66.4 Å². The van der Waals surface area contributed by atoms with Crippen LogP contribution in [0.4, 0.5) is 0 Å². The summed E-state index contributed by atoms with van der Waals surface area (Å²) in [6.45, 7) is 4.84. The maximum absolute atomic E-state index is 11.1. The minimum Gasteiger partial charge on any atom is -0.390 e. The van der Waals surface area contributed by atoms with Crippen molar-refractivity contribution in [2.45, 2.75) is 26.0 Å². The molecule has 1 aliphatic rings. The van der Waals surface area contributed by atoms with Gasteiger partial charge in [0.15, 0.2) is 9.84 Å². The third-order valence-corrected chi connectivity index (χ3v) is 3.83. The molecule has 78 valence electrons. The lowest BCUT2D eigenvalue weighted by molar-refractivity contribution is 0.164. The third-order valence-electron chi connectivity index (χ3n) is 2.11. The summed E-state index contributed by atoms with van der Waals surface area (Å²) in [5.41, 5.74) is 0. The Morgan fingerprint density at radius 3 is 2.46 bits per heavy atom. The summed E-state index contributed by atoms with van der Waals surface area (Å²) in [5.74, 6) is 0.444. The van der Waals surface area contributed by atoms with Crippen LogP contribution in [0.2, 0.25) is 0 Å². The van der Waals surface area contributed by atoms with E-state index in [1.807, 2.05) is 13.8 Å². The van der Waals surface area contributed by atoms with Gasteiger partial charge < -0.3 is 10.4 Å². The van der Waals surface area contributed by atoms with Gasteiger partial charge in [0.25, 0.3) is 0 Å². The fourth-order valence-corrected chi connectivity index (χ4v) is 3.19. The fraction of sp³-hybridized carbons (Fsp3) is 1.00. The van der Waals surface area contributed by atoms with Crippen LogP contribution < -0.4 is 5.32 Å². The molecule has 5 heteroatoms. The Morgan fingerprint density at radius 2 is 2.08 bits per heavy atom. The van der Waals surface area contributed by atoms with E-state index in [0.29, 0.717) is 5.92 Å². The molecule has 1 fully saturated rings. The second kappa shape index (κ2) is 3.94. The van der Waals surface area contributed by atoms with Gasteiger partial charge in [0, 0.05) is 6.04 Å². The molecule has 1 heterocycles. The summed E-state index contributed by atoms with van der Waals surface area (Å²) >= 11 is 0. The highest BCUT2D eigenvalue weighted by Gasteiger charge is 2.35. The summed E-state index contributed by atoms with van der Waals surface area (Å²) in [6, 6.07) is -0.271. The van der Waals surface area contributed by atoms with Crippen LogP contribution in [0.15, 0.2) is 0 Å². The van der Waals surface area contributed by atoms with E-state index in [1.165, 1.54) is 0 Å². The van der Waals surface area contributed by atoms with Crippen molar-refractivity contribution < 1.29 is 13.5 Å². The van der Waals surface area contributed by atoms with Gasteiger partial charge in [0.1, 0.15) is 0 Å². The van der Waals surface area contributed by atoms with Gasteiger partial charge in [-0.3, -0.25) is 0 Å². The van der Waals surface area contributed by atoms with Gasteiger partial charge in [-0.2, -0.15) is 0 Å². The zero-order valence-corrected chi connectivity index (χ0v) is 8.84. The number of rotatable bonds is 3. The largest absolute Gasteiger partial charge is 0.390 e. The lowest BCUT2D eigenvalue weighted by atomic mass is 10.1. The molecule has 0 aromatic carbocycles. The van der Waals surface area contributed by atoms with Gasteiger partial charge in [-0.15, -0.1) is 0 Å². The Hall–Kier alpha value is -0.130. The Balaban J connectivity index is 2.44. The Labute approximate surface area is 79.3 Å². The first-order valence-electron chi connectivity index (χ1n) is 4.52. The second-order valence-corrected chi connectivity index (χ2v) is 6.21. The minimum atomic E-state index is -3.01. The molecule has 0 saturated carbocycles. The molecule has 0 unspecified atom stereocenters. The predicted molar refractivity (Wildman–Crippen MR) is 51.3 cm³/mol. The molecular weight excluding hydrogens is 190 g/mol. The van der Waals surface area contributed by atoms with Crippen molar-refractivity contribution in [1.29, 1.82) is 0 Å². The van der Waals surface area contributed by atoms with Gasteiger partial charge in [0.2, 0.25) is 0 Å². The van der Waals surface area contributed by atoms with E-state index in [0.717, 1.165) is 6.54 Å². The highest BCUT2D eigenvalue weighted by molar-refractivity contribution is 7.91. The predicted octanol–water partition coefficient (Wildman–Crippen LogP) is -0.610. The molecule has 1 rings (SSSR count). The molecule has 13 heavy (non-hydrogen) atoms. The molecule has 0 amide bonds. The number of hydrogen-bond acceptors (Lipinski definition) is 4. The van der Waals surface area contributed by atoms with Crippen molar-refractivity contribution in [2.24, 2.45) is 5.92 Å². The fourth-order valence-electron chi connectivity index (χ4n) is 1.41. The van der Waals surface area contributed by atoms with Crippen molar-refractivity contribution in [3.8, 4) is 0 Å². The minimum absolute atomic E-state index is 0.0703. The summed E-state index contributed by atoms with van der Waals surface area (Å²) in [4.78, 5) is 0. The molecule has 1 saturated heterocycles. The van der Waals surface area contributed by atoms with Crippen molar-refractivity contribution in [3.05, 3.63) is 0 Å². The number of aliphatic hydroxyl groups excluding tert-OH is 1. The molecule has 0 radical (unpaired) electrons. The number of nitrogens with one attached hydrogen (secondary N) is 1. The third kappa shape index (κ3) is 3.25. The number of sulfone groups is 1. The van der Waals surface area contributed by atoms with Crippen LogP contribution in [-0.4, -0.2) is 43.7 Å². The van der Waals surface area contributed by atoms with Gasteiger partial charge in [0.05, 0.1) is 17.6 Å². The first-order valence-corrected chi connectivity index (χ1v) is 6.35. The monoisotopic (exact) mass is 207 g/mol. The SMILES string of the molecule is CC(C)CN[C@@H]1CS(=O)(=O)C[C@H]1O. The lowest BCUT2D eigenvalue weighted by Gasteiger charge is -2.16. The molecule has 2 atom stereocenters. The standard InChI is InChI=1S/C8H17NO3S/c1-6(2)3-9-7-4-13(11,12)5-8(7)10/h6-10H,3-5H2,1-2H3/t7-,8-/m1/s1. The molecule has 4 nitrogen and oxygen atoms in total. The second-order valence-electron chi connectivity index (χ2n) is 4.05. The van der Waals surface area contributed by atoms with Crippen molar-refractivity contribution in [1.82, 2.24) is 5.32 Å². The smallest absolute Gasteiger partial charge is 0.154 e. The average molecular weight is 207 g/mol. The Kier molecular flexibility index (Phi) is 3.32. The van der Waals surface area contributed by atoms with E-state index in [9.17, 15) is 13.5 Å². The van der Waals surface area contributed by atoms with E-state index < -0.39 is 15.9 Å². The van der Waals surface area contributed by atoms with Crippen LogP contribution in [0.5, 0.6) is 0 Å². The van der Waals surface area contributed by atoms with E-state index in [1.54, 1.807) is 0 Å². The van der Waals surface area contributed by atoms with E-state index in [4.69, 9.17) is 0 Å². The Bertz CT molecular complexity index is 261. The van der Waals surface area contributed by atoms with E-state index in [-0.39, 0.29) is 17.5 Å². The van der Waals surface area contributed by atoms with Crippen LogP contribution >= 0.6 is 0 Å². The van der Waals surface area contributed by atoms with Crippen LogP contribution in [0.3, 0.4) is 0 Å². The highest BCUT2D eigenvalue weighted by atomic mass is 32.2. The average Bonchev–Trinajstić information content (AvgIpc) is 2.20. The molecule has 0 aromatic heterocycles. The molecular formula is C8H17NO3S. The van der Waals surface area contributed by atoms with E-state index >= 15 is 0 Å². The normalized spacial score (nSPS) is 32.6. The maximum Gasteiger partial charge on any atom is 0.154 e. The van der Waals surface area contributed by atoms with Crippen LogP contribution in [0.25, 0.3) is 0 Å². The zero-order valence-electron chi connectivity index (χ0n) is 8.03. The molecule has 1 aliphatic heterocycles. The van der Waals surface area contributed by atoms with Crippen molar-refractivity contribution in [2.75, 3.05) is 18.1 Å². The summed E-state index contributed by atoms with van der Waals surface area (Å²) in [5, 5.41) is 12.5. The molecule has 0 aromatic rings. The van der Waals surface area contributed by atoms with Gasteiger partial charge in [-0.05, 0) is 12.5 Å². The maximum atomic E-state index is 11.1. The number of hydrogen-bond donors (Lipinski definition) is 2. The lowest BCUT2D eigenvalue weighted by Crippen LogP contribution is -2.40. The Morgan fingerprint density at radius 1 is 1.46 bits per heavy atom.